The van der Waals surface area contributed by atoms with Crippen LogP contribution in [0.25, 0.3) is 5.65 Å². The maximum atomic E-state index is 12.8. The van der Waals surface area contributed by atoms with E-state index in [9.17, 15) is 4.79 Å². The third-order valence-electron chi connectivity index (χ3n) is 5.39. The number of aromatic nitrogens is 2. The maximum absolute atomic E-state index is 12.8. The van der Waals surface area contributed by atoms with Crippen LogP contribution in [0.5, 0.6) is 0 Å². The summed E-state index contributed by atoms with van der Waals surface area (Å²) in [4.78, 5) is 20.5. The number of pyridine rings is 1. The molecule has 146 valence electrons. The number of likely N-dealkylation sites (tertiary alicyclic amines) is 1. The van der Waals surface area contributed by atoms with Gasteiger partial charge in [0.15, 0.2) is 0 Å². The molecule has 0 radical (unpaired) electrons. The monoisotopic (exact) mass is 394 g/mol. The summed E-state index contributed by atoms with van der Waals surface area (Å²) in [5.74, 6) is 1.32. The van der Waals surface area contributed by atoms with Crippen molar-refractivity contribution in [3.05, 3.63) is 66.1 Å². The number of carbonyl (C=O) groups excluding carboxylic acids is 1. The molecule has 2 aromatic heterocycles. The SMILES string of the molecule is CC(N)C1CCCN(C(=O)c2ccc(SCc3cn4ccccc4n3)cc2)C1. The van der Waals surface area contributed by atoms with Crippen molar-refractivity contribution in [1.29, 1.82) is 0 Å². The second-order valence-corrected chi connectivity index (χ2v) is 8.57. The fraction of sp³-hybridized carbons (Fsp3) is 0.364. The standard InChI is InChI=1S/C22H26N4OS/c1-16(23)18-5-4-12-26(13-18)22(27)17-7-9-20(10-8-17)28-15-19-14-25-11-3-2-6-21(25)24-19/h2-3,6-11,14,16,18H,4-5,12-13,15,23H2,1H3. The fourth-order valence-corrected chi connectivity index (χ4v) is 4.50. The highest BCUT2D eigenvalue weighted by Gasteiger charge is 2.26. The number of hydrogen-bond acceptors (Lipinski definition) is 4. The van der Waals surface area contributed by atoms with Gasteiger partial charge in [-0.2, -0.15) is 0 Å². The molecular formula is C22H26N4OS. The molecule has 1 aliphatic heterocycles. The van der Waals surface area contributed by atoms with E-state index in [2.05, 4.69) is 11.2 Å². The van der Waals surface area contributed by atoms with Crippen LogP contribution in [0.4, 0.5) is 0 Å². The van der Waals surface area contributed by atoms with Crippen LogP contribution in [-0.4, -0.2) is 39.3 Å². The van der Waals surface area contributed by atoms with Gasteiger partial charge in [-0.25, -0.2) is 4.98 Å². The third kappa shape index (κ3) is 4.23. The lowest BCUT2D eigenvalue weighted by Crippen LogP contribution is -2.45. The minimum Gasteiger partial charge on any atom is -0.338 e. The van der Waals surface area contributed by atoms with E-state index in [1.807, 2.05) is 64.9 Å². The Bertz CT molecular complexity index is 918. The molecule has 3 heterocycles. The molecule has 1 amide bonds. The number of rotatable bonds is 5. The highest BCUT2D eigenvalue weighted by Crippen LogP contribution is 2.25. The number of piperidine rings is 1. The number of nitrogens with zero attached hydrogens (tertiary/aromatic N) is 3. The van der Waals surface area contributed by atoms with Crippen molar-refractivity contribution in [3.8, 4) is 0 Å². The van der Waals surface area contributed by atoms with Crippen molar-refractivity contribution in [2.24, 2.45) is 11.7 Å². The zero-order chi connectivity index (χ0) is 19.5. The Kier molecular flexibility index (Phi) is 5.69. The van der Waals surface area contributed by atoms with Crippen molar-refractivity contribution in [3.63, 3.8) is 0 Å². The van der Waals surface area contributed by atoms with E-state index in [-0.39, 0.29) is 11.9 Å². The van der Waals surface area contributed by atoms with E-state index >= 15 is 0 Å². The topological polar surface area (TPSA) is 63.6 Å². The predicted molar refractivity (Wildman–Crippen MR) is 113 cm³/mol. The predicted octanol–water partition coefficient (Wildman–Crippen LogP) is 3.83. The van der Waals surface area contributed by atoms with Gasteiger partial charge in [-0.1, -0.05) is 6.07 Å². The van der Waals surface area contributed by atoms with Gasteiger partial charge in [0.05, 0.1) is 5.69 Å². The zero-order valence-electron chi connectivity index (χ0n) is 16.1. The highest BCUT2D eigenvalue weighted by molar-refractivity contribution is 7.98. The Labute approximate surface area is 169 Å². The van der Waals surface area contributed by atoms with Crippen molar-refractivity contribution >= 4 is 23.3 Å². The Morgan fingerprint density at radius 3 is 2.86 bits per heavy atom. The molecule has 1 aromatic carbocycles. The first-order valence-corrected chi connectivity index (χ1v) is 10.8. The summed E-state index contributed by atoms with van der Waals surface area (Å²) in [5.41, 5.74) is 8.81. The van der Waals surface area contributed by atoms with Gasteiger partial charge in [-0.3, -0.25) is 4.79 Å². The molecule has 1 saturated heterocycles. The molecule has 0 spiro atoms. The number of hydrogen-bond donors (Lipinski definition) is 1. The molecule has 5 nitrogen and oxygen atoms in total. The van der Waals surface area contributed by atoms with Crippen LogP contribution in [0.2, 0.25) is 0 Å². The minimum atomic E-state index is 0.113. The quantitative estimate of drug-likeness (QED) is 0.668. The summed E-state index contributed by atoms with van der Waals surface area (Å²) in [5, 5.41) is 0. The molecular weight excluding hydrogens is 368 g/mol. The van der Waals surface area contributed by atoms with Crippen molar-refractivity contribution in [2.75, 3.05) is 13.1 Å². The van der Waals surface area contributed by atoms with Gasteiger partial charge in [0, 0.05) is 47.7 Å². The summed E-state index contributed by atoms with van der Waals surface area (Å²) < 4.78 is 2.03. The maximum Gasteiger partial charge on any atom is 0.253 e. The molecule has 4 rings (SSSR count). The lowest BCUT2D eigenvalue weighted by molar-refractivity contribution is 0.0661. The van der Waals surface area contributed by atoms with Crippen LogP contribution in [0.15, 0.2) is 59.8 Å². The van der Waals surface area contributed by atoms with E-state index in [1.165, 1.54) is 0 Å². The number of thioether (sulfide) groups is 1. The normalized spacial score (nSPS) is 18.4. The molecule has 3 aromatic rings. The van der Waals surface area contributed by atoms with E-state index < -0.39 is 0 Å². The van der Waals surface area contributed by atoms with Gasteiger partial charge in [-0.05, 0) is 62.1 Å². The van der Waals surface area contributed by atoms with Gasteiger partial charge in [-0.15, -0.1) is 11.8 Å². The largest absolute Gasteiger partial charge is 0.338 e. The number of nitrogens with two attached hydrogens (primary N) is 1. The number of amides is 1. The number of carbonyl (C=O) groups is 1. The average Bonchev–Trinajstić information content (AvgIpc) is 3.15. The Hall–Kier alpha value is -2.31. The van der Waals surface area contributed by atoms with Crippen molar-refractivity contribution in [2.45, 2.75) is 36.5 Å². The highest BCUT2D eigenvalue weighted by atomic mass is 32.2. The first-order valence-electron chi connectivity index (χ1n) is 9.80. The second kappa shape index (κ2) is 8.37. The first kappa shape index (κ1) is 19.0. The molecule has 0 saturated carbocycles. The molecule has 6 heteroatoms. The molecule has 2 atom stereocenters. The molecule has 0 bridgehead atoms. The van der Waals surface area contributed by atoms with Gasteiger partial charge >= 0.3 is 0 Å². The molecule has 2 unspecified atom stereocenters. The van der Waals surface area contributed by atoms with Gasteiger partial charge in [0.1, 0.15) is 5.65 Å². The Morgan fingerprint density at radius 2 is 2.11 bits per heavy atom. The first-order chi connectivity index (χ1) is 13.6. The number of imidazole rings is 1. The van der Waals surface area contributed by atoms with Gasteiger partial charge in [0.2, 0.25) is 0 Å². The van der Waals surface area contributed by atoms with Crippen LogP contribution in [0.3, 0.4) is 0 Å². The zero-order valence-corrected chi connectivity index (χ0v) is 16.9. The van der Waals surface area contributed by atoms with Crippen LogP contribution >= 0.6 is 11.8 Å². The Morgan fingerprint density at radius 1 is 1.29 bits per heavy atom. The molecule has 0 aliphatic carbocycles. The average molecular weight is 395 g/mol. The number of fused-ring (bicyclic) bond motifs is 1. The summed E-state index contributed by atoms with van der Waals surface area (Å²) >= 11 is 1.73. The summed E-state index contributed by atoms with van der Waals surface area (Å²) in [6.07, 6.45) is 6.21. The van der Waals surface area contributed by atoms with Crippen LogP contribution < -0.4 is 5.73 Å². The van der Waals surface area contributed by atoms with E-state index in [1.54, 1.807) is 11.8 Å². The molecule has 2 N–H and O–H groups in total. The van der Waals surface area contributed by atoms with Crippen molar-refractivity contribution < 1.29 is 4.79 Å². The molecule has 1 aliphatic rings. The van der Waals surface area contributed by atoms with Crippen LogP contribution in [0, 0.1) is 5.92 Å². The van der Waals surface area contributed by atoms with E-state index in [4.69, 9.17) is 5.73 Å². The minimum absolute atomic E-state index is 0.113. The van der Waals surface area contributed by atoms with Gasteiger partial charge < -0.3 is 15.0 Å². The summed E-state index contributed by atoms with van der Waals surface area (Å²) in [6, 6.07) is 14.1. The smallest absolute Gasteiger partial charge is 0.253 e. The lowest BCUT2D eigenvalue weighted by atomic mass is 9.92. The summed E-state index contributed by atoms with van der Waals surface area (Å²) in [7, 11) is 0. The van der Waals surface area contributed by atoms with Crippen molar-refractivity contribution in [1.82, 2.24) is 14.3 Å². The van der Waals surface area contributed by atoms with E-state index in [0.717, 1.165) is 53.5 Å². The fourth-order valence-electron chi connectivity index (χ4n) is 3.71. The van der Waals surface area contributed by atoms with Crippen LogP contribution in [0.1, 0.15) is 35.8 Å². The summed E-state index contributed by atoms with van der Waals surface area (Å²) in [6.45, 7) is 3.63. The number of benzene rings is 1. The second-order valence-electron chi connectivity index (χ2n) is 7.52. The van der Waals surface area contributed by atoms with E-state index in [0.29, 0.717) is 5.92 Å². The van der Waals surface area contributed by atoms with Crippen LogP contribution in [-0.2, 0) is 5.75 Å². The third-order valence-corrected chi connectivity index (χ3v) is 6.44. The van der Waals surface area contributed by atoms with Gasteiger partial charge in [0.25, 0.3) is 5.91 Å². The Balaban J connectivity index is 1.37. The lowest BCUT2D eigenvalue weighted by Gasteiger charge is -2.34. The molecule has 1 fully saturated rings. The molecule has 28 heavy (non-hydrogen) atoms.